The zero-order valence-electron chi connectivity index (χ0n) is 13.6. The number of benzene rings is 1. The molecule has 0 saturated carbocycles. The zero-order chi connectivity index (χ0) is 15.6. The molecule has 0 heterocycles. The van der Waals surface area contributed by atoms with E-state index in [1.54, 1.807) is 0 Å². The highest BCUT2D eigenvalue weighted by Gasteiger charge is 2.31. The Morgan fingerprint density at radius 2 is 1.95 bits per heavy atom. The predicted molar refractivity (Wildman–Crippen MR) is 86.9 cm³/mol. The van der Waals surface area contributed by atoms with Crippen LogP contribution in [0.15, 0.2) is 30.3 Å². The van der Waals surface area contributed by atoms with Gasteiger partial charge in [0.15, 0.2) is 0 Å². The lowest BCUT2D eigenvalue weighted by Crippen LogP contribution is -2.42. The van der Waals surface area contributed by atoms with Crippen molar-refractivity contribution in [2.45, 2.75) is 45.6 Å². The number of nitriles is 1. The van der Waals surface area contributed by atoms with Crippen molar-refractivity contribution in [2.75, 3.05) is 19.8 Å². The van der Waals surface area contributed by atoms with Gasteiger partial charge in [-0.3, -0.25) is 5.32 Å². The molecule has 0 bridgehead atoms. The summed E-state index contributed by atoms with van der Waals surface area (Å²) in [5.74, 6) is 0.651. The maximum Gasteiger partial charge on any atom is 0.134 e. The number of ether oxygens (including phenoxy) is 1. The SMILES string of the molecule is CCCNC(C#N)(CCOCCC(C)C)c1ccccc1. The van der Waals surface area contributed by atoms with Gasteiger partial charge in [0, 0.05) is 19.6 Å². The van der Waals surface area contributed by atoms with Gasteiger partial charge in [-0.2, -0.15) is 5.26 Å². The van der Waals surface area contributed by atoms with Crippen molar-refractivity contribution < 1.29 is 4.74 Å². The van der Waals surface area contributed by atoms with Crippen LogP contribution >= 0.6 is 0 Å². The molecule has 1 unspecified atom stereocenters. The minimum atomic E-state index is -0.644. The summed E-state index contributed by atoms with van der Waals surface area (Å²) in [4.78, 5) is 0. The van der Waals surface area contributed by atoms with Crippen LogP contribution in [0.25, 0.3) is 0 Å². The van der Waals surface area contributed by atoms with Crippen molar-refractivity contribution in [2.24, 2.45) is 5.92 Å². The topological polar surface area (TPSA) is 45.0 Å². The lowest BCUT2D eigenvalue weighted by Gasteiger charge is -2.28. The molecular weight excluding hydrogens is 260 g/mol. The second-order valence-corrected chi connectivity index (χ2v) is 5.85. The average Bonchev–Trinajstić information content (AvgIpc) is 2.51. The molecule has 1 aromatic rings. The summed E-state index contributed by atoms with van der Waals surface area (Å²) >= 11 is 0. The standard InChI is InChI=1S/C18H28N2O/c1-4-12-20-18(15-19,17-8-6-5-7-9-17)11-14-21-13-10-16(2)3/h5-9,16,20H,4,10-14H2,1-3H3. The number of hydrogen-bond acceptors (Lipinski definition) is 3. The van der Waals surface area contributed by atoms with Gasteiger partial charge in [-0.15, -0.1) is 0 Å². The smallest absolute Gasteiger partial charge is 0.134 e. The third-order valence-corrected chi connectivity index (χ3v) is 3.60. The average molecular weight is 288 g/mol. The molecule has 0 aliphatic carbocycles. The van der Waals surface area contributed by atoms with E-state index in [1.807, 2.05) is 30.3 Å². The van der Waals surface area contributed by atoms with Gasteiger partial charge in [0.25, 0.3) is 0 Å². The van der Waals surface area contributed by atoms with E-state index in [2.05, 4.69) is 32.2 Å². The third kappa shape index (κ3) is 5.87. The molecule has 21 heavy (non-hydrogen) atoms. The van der Waals surface area contributed by atoms with Gasteiger partial charge in [-0.1, -0.05) is 51.1 Å². The van der Waals surface area contributed by atoms with E-state index in [1.165, 1.54) is 0 Å². The lowest BCUT2D eigenvalue weighted by atomic mass is 9.88. The number of rotatable bonds is 10. The second kappa shape index (κ2) is 9.55. The molecule has 0 amide bonds. The molecule has 1 rings (SSSR count). The van der Waals surface area contributed by atoms with Crippen LogP contribution in [0.5, 0.6) is 0 Å². The Kier molecular flexibility index (Phi) is 8.04. The molecule has 0 aliphatic rings. The predicted octanol–water partition coefficient (Wildman–Crippen LogP) is 3.86. The number of hydrogen-bond donors (Lipinski definition) is 1. The summed E-state index contributed by atoms with van der Waals surface area (Å²) in [7, 11) is 0. The molecule has 0 saturated heterocycles. The second-order valence-electron chi connectivity index (χ2n) is 5.85. The molecule has 1 aromatic carbocycles. The van der Waals surface area contributed by atoms with Crippen LogP contribution in [0.1, 0.15) is 45.6 Å². The van der Waals surface area contributed by atoms with Gasteiger partial charge in [0.1, 0.15) is 5.54 Å². The highest BCUT2D eigenvalue weighted by Crippen LogP contribution is 2.24. The van der Waals surface area contributed by atoms with Crippen molar-refractivity contribution >= 4 is 0 Å². The van der Waals surface area contributed by atoms with E-state index in [9.17, 15) is 5.26 Å². The summed E-state index contributed by atoms with van der Waals surface area (Å²) in [6, 6.07) is 12.4. The van der Waals surface area contributed by atoms with Crippen molar-refractivity contribution in [1.82, 2.24) is 5.32 Å². The largest absolute Gasteiger partial charge is 0.381 e. The molecule has 0 aromatic heterocycles. The Balaban J connectivity index is 2.66. The van der Waals surface area contributed by atoms with Gasteiger partial charge in [-0.05, 0) is 30.9 Å². The molecule has 3 heteroatoms. The minimum Gasteiger partial charge on any atom is -0.381 e. The van der Waals surface area contributed by atoms with Gasteiger partial charge in [0.2, 0.25) is 0 Å². The van der Waals surface area contributed by atoms with Crippen LogP contribution in [0.4, 0.5) is 0 Å². The van der Waals surface area contributed by atoms with Crippen LogP contribution in [0.3, 0.4) is 0 Å². The fraction of sp³-hybridized carbons (Fsp3) is 0.611. The lowest BCUT2D eigenvalue weighted by molar-refractivity contribution is 0.106. The molecule has 116 valence electrons. The van der Waals surface area contributed by atoms with Crippen molar-refractivity contribution in [1.29, 1.82) is 5.26 Å². The minimum absolute atomic E-state index is 0.603. The molecule has 0 fully saturated rings. The summed E-state index contributed by atoms with van der Waals surface area (Å²) in [6.45, 7) is 8.69. The van der Waals surface area contributed by atoms with Crippen molar-refractivity contribution in [3.8, 4) is 6.07 Å². The Bertz CT molecular complexity index is 425. The normalized spacial score (nSPS) is 13.9. The number of nitrogens with one attached hydrogen (secondary N) is 1. The summed E-state index contributed by atoms with van der Waals surface area (Å²) < 4.78 is 5.71. The molecule has 1 atom stereocenters. The summed E-state index contributed by atoms with van der Waals surface area (Å²) in [5.41, 5.74) is 0.378. The van der Waals surface area contributed by atoms with E-state index in [0.717, 1.165) is 31.6 Å². The molecule has 0 radical (unpaired) electrons. The highest BCUT2D eigenvalue weighted by atomic mass is 16.5. The van der Waals surface area contributed by atoms with Crippen LogP contribution < -0.4 is 5.32 Å². The van der Waals surface area contributed by atoms with Crippen LogP contribution in [0.2, 0.25) is 0 Å². The first kappa shape index (κ1) is 17.7. The molecule has 3 nitrogen and oxygen atoms in total. The highest BCUT2D eigenvalue weighted by molar-refractivity contribution is 5.31. The van der Waals surface area contributed by atoms with Crippen LogP contribution in [-0.2, 0) is 10.3 Å². The van der Waals surface area contributed by atoms with E-state index in [-0.39, 0.29) is 0 Å². The van der Waals surface area contributed by atoms with E-state index in [4.69, 9.17) is 4.74 Å². The van der Waals surface area contributed by atoms with Crippen LogP contribution in [0, 0.1) is 17.2 Å². The van der Waals surface area contributed by atoms with E-state index >= 15 is 0 Å². The van der Waals surface area contributed by atoms with Gasteiger partial charge in [-0.25, -0.2) is 0 Å². The molecular formula is C18H28N2O. The van der Waals surface area contributed by atoms with Crippen molar-refractivity contribution in [3.05, 3.63) is 35.9 Å². The zero-order valence-corrected chi connectivity index (χ0v) is 13.6. The Hall–Kier alpha value is -1.37. The fourth-order valence-corrected chi connectivity index (χ4v) is 2.20. The maximum absolute atomic E-state index is 9.73. The van der Waals surface area contributed by atoms with Crippen molar-refractivity contribution in [3.63, 3.8) is 0 Å². The summed E-state index contributed by atoms with van der Waals surface area (Å²) in [6.07, 6.45) is 2.74. The fourth-order valence-electron chi connectivity index (χ4n) is 2.20. The Morgan fingerprint density at radius 1 is 1.24 bits per heavy atom. The molecule has 0 aliphatic heterocycles. The quantitative estimate of drug-likeness (QED) is 0.665. The number of nitrogens with zero attached hydrogens (tertiary/aromatic N) is 1. The van der Waals surface area contributed by atoms with E-state index < -0.39 is 5.54 Å². The first-order valence-corrected chi connectivity index (χ1v) is 7.94. The monoisotopic (exact) mass is 288 g/mol. The summed E-state index contributed by atoms with van der Waals surface area (Å²) in [5, 5.41) is 13.1. The first-order valence-electron chi connectivity index (χ1n) is 7.94. The van der Waals surface area contributed by atoms with Gasteiger partial charge >= 0.3 is 0 Å². The van der Waals surface area contributed by atoms with Gasteiger partial charge in [0.05, 0.1) is 6.07 Å². The first-order chi connectivity index (χ1) is 10.1. The Labute approximate surface area is 129 Å². The molecule has 0 spiro atoms. The third-order valence-electron chi connectivity index (χ3n) is 3.60. The Morgan fingerprint density at radius 3 is 2.52 bits per heavy atom. The molecule has 1 N–H and O–H groups in total. The van der Waals surface area contributed by atoms with Gasteiger partial charge < -0.3 is 4.74 Å². The maximum atomic E-state index is 9.73. The van der Waals surface area contributed by atoms with E-state index in [0.29, 0.717) is 18.9 Å². The van der Waals surface area contributed by atoms with Crippen LogP contribution in [-0.4, -0.2) is 19.8 Å².